The van der Waals surface area contributed by atoms with Gasteiger partial charge in [-0.05, 0) is 56.0 Å². The predicted octanol–water partition coefficient (Wildman–Crippen LogP) is 4.66. The van der Waals surface area contributed by atoms with Gasteiger partial charge in [-0.1, -0.05) is 62.4 Å². The van der Waals surface area contributed by atoms with Crippen LogP contribution in [0.4, 0.5) is 5.69 Å². The summed E-state index contributed by atoms with van der Waals surface area (Å²) in [6, 6.07) is 21.4. The van der Waals surface area contributed by atoms with Crippen LogP contribution in [-0.4, -0.2) is 64.5 Å². The number of sulfonamides is 1. The van der Waals surface area contributed by atoms with E-state index in [2.05, 4.69) is 5.32 Å². The number of hydrogen-bond acceptors (Lipinski definition) is 6. The Morgan fingerprint density at radius 1 is 0.857 bits per heavy atom. The third kappa shape index (κ3) is 8.03. The van der Waals surface area contributed by atoms with Crippen LogP contribution < -0.4 is 19.1 Å². The maximum absolute atomic E-state index is 14.1. The van der Waals surface area contributed by atoms with Gasteiger partial charge in [0.2, 0.25) is 11.8 Å². The van der Waals surface area contributed by atoms with Crippen LogP contribution in [0.1, 0.15) is 39.2 Å². The van der Waals surface area contributed by atoms with Crippen LogP contribution in [0.25, 0.3) is 0 Å². The van der Waals surface area contributed by atoms with Crippen LogP contribution in [-0.2, 0) is 26.0 Å². The zero-order valence-electron chi connectivity index (χ0n) is 24.9. The van der Waals surface area contributed by atoms with Crippen molar-refractivity contribution in [3.8, 4) is 11.5 Å². The third-order valence-electron chi connectivity index (χ3n) is 7.14. The molecule has 3 aromatic rings. The molecule has 0 heterocycles. The highest BCUT2D eigenvalue weighted by Crippen LogP contribution is 2.34. The van der Waals surface area contributed by atoms with Gasteiger partial charge in [0.05, 0.1) is 24.8 Å². The lowest BCUT2D eigenvalue weighted by Crippen LogP contribution is -2.54. The second-order valence-electron chi connectivity index (χ2n) is 9.93. The van der Waals surface area contributed by atoms with Gasteiger partial charge < -0.3 is 19.7 Å². The van der Waals surface area contributed by atoms with E-state index in [1.54, 1.807) is 30.3 Å². The highest BCUT2D eigenvalue weighted by Gasteiger charge is 2.34. The summed E-state index contributed by atoms with van der Waals surface area (Å²) in [6.07, 6.45) is 1.61. The zero-order chi connectivity index (χ0) is 30.7. The van der Waals surface area contributed by atoms with Crippen molar-refractivity contribution in [2.75, 3.05) is 31.6 Å². The highest BCUT2D eigenvalue weighted by atomic mass is 32.2. The predicted molar refractivity (Wildman–Crippen MR) is 164 cm³/mol. The standard InChI is InChI=1S/C32H41N3O6S/c1-6-24(3)33-32(37)28(7-2)34(21-20-25-14-10-8-11-15-25)31(36)23-35(42(38,39)27-16-12-9-13-17-27)26-18-19-29(40-4)30(22-26)41-5/h8-19,22,24,28H,6-7,20-21,23H2,1-5H3,(H,33,37)/t24-,28+/m0/s1. The molecule has 42 heavy (non-hydrogen) atoms. The van der Waals surface area contributed by atoms with Gasteiger partial charge in [0.25, 0.3) is 10.0 Å². The molecule has 0 unspecified atom stereocenters. The van der Waals surface area contributed by atoms with Gasteiger partial charge in [0.15, 0.2) is 11.5 Å². The zero-order valence-corrected chi connectivity index (χ0v) is 25.8. The molecule has 9 nitrogen and oxygen atoms in total. The molecule has 0 fully saturated rings. The number of amides is 2. The number of carbonyl (C=O) groups excluding carboxylic acids is 2. The molecule has 2 amide bonds. The van der Waals surface area contributed by atoms with Crippen molar-refractivity contribution in [2.45, 2.75) is 57.0 Å². The summed E-state index contributed by atoms with van der Waals surface area (Å²) >= 11 is 0. The number of nitrogens with zero attached hydrogens (tertiary/aromatic N) is 2. The van der Waals surface area contributed by atoms with Crippen molar-refractivity contribution >= 4 is 27.5 Å². The third-order valence-corrected chi connectivity index (χ3v) is 8.92. The number of rotatable bonds is 15. The molecule has 0 aliphatic carbocycles. The minimum Gasteiger partial charge on any atom is -0.493 e. The Labute approximate surface area is 249 Å². The van der Waals surface area contributed by atoms with Crippen LogP contribution in [0.2, 0.25) is 0 Å². The molecule has 0 spiro atoms. The molecule has 2 atom stereocenters. The van der Waals surface area contributed by atoms with Gasteiger partial charge in [-0.2, -0.15) is 0 Å². The summed E-state index contributed by atoms with van der Waals surface area (Å²) < 4.78 is 39.8. The van der Waals surface area contributed by atoms with E-state index < -0.39 is 28.5 Å². The summed E-state index contributed by atoms with van der Waals surface area (Å²) in [4.78, 5) is 29.0. The first-order valence-corrected chi connectivity index (χ1v) is 15.5. The SMILES string of the molecule is CC[C@H](C(=O)N[C@@H](C)CC)N(CCc1ccccc1)C(=O)CN(c1ccc(OC)c(OC)c1)S(=O)(=O)c1ccccc1. The van der Waals surface area contributed by atoms with E-state index in [1.807, 2.05) is 51.1 Å². The normalized spacial score (nSPS) is 12.6. The Balaban J connectivity index is 2.05. The number of carbonyl (C=O) groups is 2. The lowest BCUT2D eigenvalue weighted by molar-refractivity contribution is -0.139. The van der Waals surface area contributed by atoms with Crippen molar-refractivity contribution in [3.05, 3.63) is 84.4 Å². The Kier molecular flexibility index (Phi) is 11.8. The molecular weight excluding hydrogens is 554 g/mol. The average Bonchev–Trinajstić information content (AvgIpc) is 3.01. The van der Waals surface area contributed by atoms with Crippen LogP contribution in [0.5, 0.6) is 11.5 Å². The first kappa shape index (κ1) is 32.5. The van der Waals surface area contributed by atoms with E-state index >= 15 is 0 Å². The molecular formula is C32H41N3O6S. The van der Waals surface area contributed by atoms with Crippen molar-refractivity contribution in [1.82, 2.24) is 10.2 Å². The fourth-order valence-electron chi connectivity index (χ4n) is 4.57. The Morgan fingerprint density at radius 3 is 2.05 bits per heavy atom. The molecule has 1 N–H and O–H groups in total. The maximum Gasteiger partial charge on any atom is 0.264 e. The van der Waals surface area contributed by atoms with E-state index in [-0.39, 0.29) is 29.1 Å². The Bertz CT molecular complexity index is 1420. The van der Waals surface area contributed by atoms with Crippen molar-refractivity contribution in [1.29, 1.82) is 0 Å². The number of nitrogens with one attached hydrogen (secondary N) is 1. The minimum absolute atomic E-state index is 0.0324. The Morgan fingerprint density at radius 2 is 1.48 bits per heavy atom. The van der Waals surface area contributed by atoms with Gasteiger partial charge in [-0.3, -0.25) is 13.9 Å². The first-order valence-electron chi connectivity index (χ1n) is 14.1. The number of ether oxygens (including phenoxy) is 2. The smallest absolute Gasteiger partial charge is 0.264 e. The van der Waals surface area contributed by atoms with E-state index in [1.165, 1.54) is 37.3 Å². The van der Waals surface area contributed by atoms with E-state index in [4.69, 9.17) is 9.47 Å². The lowest BCUT2D eigenvalue weighted by atomic mass is 10.1. The average molecular weight is 596 g/mol. The van der Waals surface area contributed by atoms with Gasteiger partial charge in [0, 0.05) is 18.7 Å². The fourth-order valence-corrected chi connectivity index (χ4v) is 5.99. The summed E-state index contributed by atoms with van der Waals surface area (Å²) in [5.41, 5.74) is 1.23. The highest BCUT2D eigenvalue weighted by molar-refractivity contribution is 7.92. The largest absolute Gasteiger partial charge is 0.493 e. The van der Waals surface area contributed by atoms with Gasteiger partial charge in [-0.15, -0.1) is 0 Å². The molecule has 0 aliphatic heterocycles. The van der Waals surface area contributed by atoms with Crippen molar-refractivity contribution in [2.24, 2.45) is 0 Å². The minimum atomic E-state index is -4.18. The molecule has 0 aromatic heterocycles. The van der Waals surface area contributed by atoms with E-state index in [9.17, 15) is 18.0 Å². The van der Waals surface area contributed by atoms with Crippen LogP contribution in [0.15, 0.2) is 83.8 Å². The molecule has 0 aliphatic rings. The molecule has 0 saturated heterocycles. The number of anilines is 1. The molecule has 3 rings (SSSR count). The summed E-state index contributed by atoms with van der Waals surface area (Å²) in [5.74, 6) is -0.0267. The summed E-state index contributed by atoms with van der Waals surface area (Å²) in [5, 5.41) is 2.99. The molecule has 0 bridgehead atoms. The van der Waals surface area contributed by atoms with Crippen molar-refractivity contribution < 1.29 is 27.5 Å². The number of methoxy groups -OCH3 is 2. The summed E-state index contributed by atoms with van der Waals surface area (Å²) in [7, 11) is -1.24. The topological polar surface area (TPSA) is 105 Å². The second kappa shape index (κ2) is 15.3. The van der Waals surface area contributed by atoms with Crippen LogP contribution in [0.3, 0.4) is 0 Å². The first-order chi connectivity index (χ1) is 20.2. The fraction of sp³-hybridized carbons (Fsp3) is 0.375. The van der Waals surface area contributed by atoms with E-state index in [0.717, 1.165) is 16.3 Å². The van der Waals surface area contributed by atoms with Gasteiger partial charge in [0.1, 0.15) is 12.6 Å². The lowest BCUT2D eigenvalue weighted by Gasteiger charge is -2.33. The second-order valence-corrected chi connectivity index (χ2v) is 11.8. The van der Waals surface area contributed by atoms with Gasteiger partial charge in [-0.25, -0.2) is 8.42 Å². The monoisotopic (exact) mass is 595 g/mol. The molecule has 10 heteroatoms. The quantitative estimate of drug-likeness (QED) is 0.274. The molecule has 226 valence electrons. The van der Waals surface area contributed by atoms with Crippen LogP contribution >= 0.6 is 0 Å². The maximum atomic E-state index is 14.1. The van der Waals surface area contributed by atoms with Gasteiger partial charge >= 0.3 is 0 Å². The Hall–Kier alpha value is -4.05. The number of benzene rings is 3. The van der Waals surface area contributed by atoms with Crippen molar-refractivity contribution in [3.63, 3.8) is 0 Å². The number of hydrogen-bond donors (Lipinski definition) is 1. The molecule has 0 radical (unpaired) electrons. The van der Waals surface area contributed by atoms with E-state index in [0.29, 0.717) is 24.3 Å². The van der Waals surface area contributed by atoms with Crippen LogP contribution in [0, 0.1) is 0 Å². The molecule has 3 aromatic carbocycles. The summed E-state index contributed by atoms with van der Waals surface area (Å²) in [6.45, 7) is 5.44. The molecule has 0 saturated carbocycles.